The van der Waals surface area contributed by atoms with Gasteiger partial charge in [-0.15, -0.1) is 0 Å². The number of benzene rings is 3. The van der Waals surface area contributed by atoms with Crippen molar-refractivity contribution in [3.63, 3.8) is 0 Å². The number of ether oxygens (including phenoxy) is 2. The second-order valence-corrected chi connectivity index (χ2v) is 10.8. The van der Waals surface area contributed by atoms with Crippen molar-refractivity contribution in [1.82, 2.24) is 5.32 Å². The molecule has 0 saturated heterocycles. The minimum Gasteiger partial charge on any atom is -0.493 e. The van der Waals surface area contributed by atoms with Crippen molar-refractivity contribution in [3.05, 3.63) is 82.9 Å². The van der Waals surface area contributed by atoms with Crippen LogP contribution in [0.2, 0.25) is 0 Å². The molecule has 11 heteroatoms. The summed E-state index contributed by atoms with van der Waals surface area (Å²) in [5.74, 6) is -0.310. The Bertz CT molecular complexity index is 1440. The first kappa shape index (κ1) is 29.8. The maximum absolute atomic E-state index is 13.8. The molecule has 7 nitrogen and oxygen atoms in total. The number of halogens is 3. The van der Waals surface area contributed by atoms with Crippen LogP contribution in [-0.4, -0.2) is 35.1 Å². The minimum atomic E-state index is -4.71. The molecule has 3 aromatic carbocycles. The number of methoxy groups -OCH3 is 2. The zero-order valence-electron chi connectivity index (χ0n) is 22.3. The van der Waals surface area contributed by atoms with Crippen molar-refractivity contribution < 1.29 is 35.9 Å². The van der Waals surface area contributed by atoms with Crippen LogP contribution in [0.4, 0.5) is 18.9 Å². The third-order valence-electron chi connectivity index (χ3n) is 6.24. The Morgan fingerprint density at radius 3 is 2.26 bits per heavy atom. The predicted octanol–water partition coefficient (Wildman–Crippen LogP) is 5.80. The summed E-state index contributed by atoms with van der Waals surface area (Å²) in [6.07, 6.45) is -4.20. The molecule has 0 spiro atoms. The third-order valence-corrected chi connectivity index (χ3v) is 8.01. The molecule has 1 amide bonds. The standard InChI is InChI=1S/C28H31F3N2O5S/c1-6-24(23-12-10-18(2)14-19(23)3)32-27(34)17-33(21-9-7-8-20(15-21)28(29,30)31)39(35,36)22-11-13-25(37-4)26(16-22)38-5/h7-16,24H,6,17H2,1-5H3,(H,32,34). The number of hydrogen-bond acceptors (Lipinski definition) is 5. The molecule has 1 unspecified atom stereocenters. The molecule has 0 aromatic heterocycles. The van der Waals surface area contributed by atoms with Gasteiger partial charge in [0.05, 0.1) is 36.4 Å². The molecule has 0 aliphatic carbocycles. The summed E-state index contributed by atoms with van der Waals surface area (Å²) in [4.78, 5) is 13.0. The van der Waals surface area contributed by atoms with Crippen LogP contribution in [-0.2, 0) is 21.0 Å². The number of alkyl halides is 3. The lowest BCUT2D eigenvalue weighted by molar-refractivity contribution is -0.137. The van der Waals surface area contributed by atoms with Crippen LogP contribution in [0.25, 0.3) is 0 Å². The van der Waals surface area contributed by atoms with E-state index in [2.05, 4.69) is 5.32 Å². The number of rotatable bonds is 10. The largest absolute Gasteiger partial charge is 0.493 e. The zero-order valence-corrected chi connectivity index (χ0v) is 23.1. The lowest BCUT2D eigenvalue weighted by Crippen LogP contribution is -2.42. The van der Waals surface area contributed by atoms with Gasteiger partial charge in [-0.2, -0.15) is 13.2 Å². The molecule has 0 radical (unpaired) electrons. The summed E-state index contributed by atoms with van der Waals surface area (Å²) in [6, 6.07) is 13.0. The molecule has 0 aliphatic rings. The van der Waals surface area contributed by atoms with Crippen LogP contribution in [0.3, 0.4) is 0 Å². The van der Waals surface area contributed by atoms with E-state index in [1.807, 2.05) is 39.0 Å². The van der Waals surface area contributed by atoms with Crippen molar-refractivity contribution >= 4 is 21.6 Å². The first-order valence-electron chi connectivity index (χ1n) is 12.1. The van der Waals surface area contributed by atoms with Crippen LogP contribution >= 0.6 is 0 Å². The van der Waals surface area contributed by atoms with Crippen LogP contribution < -0.4 is 19.1 Å². The van der Waals surface area contributed by atoms with Gasteiger partial charge in [0.2, 0.25) is 5.91 Å². The predicted molar refractivity (Wildman–Crippen MR) is 143 cm³/mol. The van der Waals surface area contributed by atoms with Crippen LogP contribution in [0.15, 0.2) is 65.6 Å². The van der Waals surface area contributed by atoms with Gasteiger partial charge < -0.3 is 14.8 Å². The van der Waals surface area contributed by atoms with Crippen LogP contribution in [0.1, 0.15) is 41.6 Å². The number of aryl methyl sites for hydroxylation is 2. The SMILES string of the molecule is CCC(NC(=O)CN(c1cccc(C(F)(F)F)c1)S(=O)(=O)c1ccc(OC)c(OC)c1)c1ccc(C)cc1C. The molecule has 210 valence electrons. The smallest absolute Gasteiger partial charge is 0.416 e. The Balaban J connectivity index is 2.04. The van der Waals surface area contributed by atoms with Crippen molar-refractivity contribution in [1.29, 1.82) is 0 Å². The van der Waals surface area contributed by atoms with E-state index < -0.39 is 40.3 Å². The highest BCUT2D eigenvalue weighted by Crippen LogP contribution is 2.35. The van der Waals surface area contributed by atoms with E-state index in [1.54, 1.807) is 0 Å². The zero-order chi connectivity index (χ0) is 29.0. The van der Waals surface area contributed by atoms with Crippen molar-refractivity contribution in [2.24, 2.45) is 0 Å². The molecular formula is C28H31F3N2O5S. The summed E-state index contributed by atoms with van der Waals surface area (Å²) < 4.78 is 79.1. The Labute approximate surface area is 226 Å². The first-order chi connectivity index (χ1) is 18.3. The summed E-state index contributed by atoms with van der Waals surface area (Å²) in [5.41, 5.74) is 1.51. The Morgan fingerprint density at radius 2 is 1.67 bits per heavy atom. The highest BCUT2D eigenvalue weighted by Gasteiger charge is 2.34. The van der Waals surface area contributed by atoms with Gasteiger partial charge in [-0.05, 0) is 61.7 Å². The van der Waals surface area contributed by atoms with E-state index in [-0.39, 0.29) is 22.1 Å². The van der Waals surface area contributed by atoms with Gasteiger partial charge in [0, 0.05) is 6.07 Å². The Hall–Kier alpha value is -3.73. The highest BCUT2D eigenvalue weighted by atomic mass is 32.2. The van der Waals surface area contributed by atoms with Gasteiger partial charge in [-0.1, -0.05) is 36.8 Å². The minimum absolute atomic E-state index is 0.105. The fraction of sp³-hybridized carbons (Fsp3) is 0.321. The fourth-order valence-electron chi connectivity index (χ4n) is 4.24. The van der Waals surface area contributed by atoms with Crippen LogP contribution in [0.5, 0.6) is 11.5 Å². The van der Waals surface area contributed by atoms with Gasteiger partial charge in [0.25, 0.3) is 10.0 Å². The lowest BCUT2D eigenvalue weighted by atomic mass is 9.97. The molecule has 1 N–H and O–H groups in total. The van der Waals surface area contributed by atoms with Crippen molar-refractivity contribution in [2.45, 2.75) is 44.3 Å². The number of nitrogens with zero attached hydrogens (tertiary/aromatic N) is 1. The van der Waals surface area contributed by atoms with Crippen molar-refractivity contribution in [2.75, 3.05) is 25.1 Å². The molecule has 0 aliphatic heterocycles. The number of hydrogen-bond donors (Lipinski definition) is 1. The normalized spacial score (nSPS) is 12.5. The molecule has 3 rings (SSSR count). The van der Waals surface area contributed by atoms with E-state index >= 15 is 0 Å². The van der Waals surface area contributed by atoms with Crippen molar-refractivity contribution in [3.8, 4) is 11.5 Å². The number of carbonyl (C=O) groups is 1. The van der Waals surface area contributed by atoms with E-state index in [0.717, 1.165) is 28.8 Å². The highest BCUT2D eigenvalue weighted by molar-refractivity contribution is 7.92. The molecule has 0 heterocycles. The van der Waals surface area contributed by atoms with E-state index in [4.69, 9.17) is 9.47 Å². The van der Waals surface area contributed by atoms with Gasteiger partial charge in [-0.25, -0.2) is 8.42 Å². The monoisotopic (exact) mass is 564 g/mol. The number of sulfonamides is 1. The van der Waals surface area contributed by atoms with E-state index in [9.17, 15) is 26.4 Å². The topological polar surface area (TPSA) is 84.9 Å². The maximum Gasteiger partial charge on any atom is 0.416 e. The molecule has 0 saturated carbocycles. The van der Waals surface area contributed by atoms with E-state index in [0.29, 0.717) is 16.8 Å². The second kappa shape index (κ2) is 12.0. The number of anilines is 1. The Kier molecular flexibility index (Phi) is 9.16. The van der Waals surface area contributed by atoms with Gasteiger partial charge >= 0.3 is 6.18 Å². The van der Waals surface area contributed by atoms with Gasteiger partial charge in [0.1, 0.15) is 6.54 Å². The molecular weight excluding hydrogens is 533 g/mol. The van der Waals surface area contributed by atoms with E-state index in [1.165, 1.54) is 38.5 Å². The summed E-state index contributed by atoms with van der Waals surface area (Å²) in [5, 5.41) is 2.84. The lowest BCUT2D eigenvalue weighted by Gasteiger charge is -2.27. The molecule has 1 atom stereocenters. The summed E-state index contributed by atoms with van der Waals surface area (Å²) in [7, 11) is -1.82. The molecule has 0 fully saturated rings. The fourth-order valence-corrected chi connectivity index (χ4v) is 5.67. The second-order valence-electron chi connectivity index (χ2n) is 8.96. The number of nitrogens with one attached hydrogen (secondary N) is 1. The number of amides is 1. The molecule has 39 heavy (non-hydrogen) atoms. The molecule has 3 aromatic rings. The van der Waals surface area contributed by atoms with Gasteiger partial charge in [0.15, 0.2) is 11.5 Å². The first-order valence-corrected chi connectivity index (χ1v) is 13.5. The quantitative estimate of drug-likeness (QED) is 0.336. The number of carbonyl (C=O) groups excluding carboxylic acids is 1. The summed E-state index contributed by atoms with van der Waals surface area (Å²) in [6.45, 7) is 4.98. The Morgan fingerprint density at radius 1 is 0.974 bits per heavy atom. The average molecular weight is 565 g/mol. The van der Waals surface area contributed by atoms with Crippen LogP contribution in [0, 0.1) is 13.8 Å². The maximum atomic E-state index is 13.8. The third kappa shape index (κ3) is 6.83. The average Bonchev–Trinajstić information content (AvgIpc) is 2.89. The summed E-state index contributed by atoms with van der Waals surface area (Å²) >= 11 is 0. The van der Waals surface area contributed by atoms with Gasteiger partial charge in [-0.3, -0.25) is 9.10 Å². The molecule has 0 bridgehead atoms.